The second kappa shape index (κ2) is 6.51. The Morgan fingerprint density at radius 2 is 2.10 bits per heavy atom. The lowest BCUT2D eigenvalue weighted by Gasteiger charge is -2.26. The van der Waals surface area contributed by atoms with Gasteiger partial charge in [0.05, 0.1) is 12.7 Å². The highest BCUT2D eigenvalue weighted by Gasteiger charge is 2.20. The number of likely N-dealkylation sites (tertiary alicyclic amines) is 1. The lowest BCUT2D eigenvalue weighted by molar-refractivity contribution is -0.133. The van der Waals surface area contributed by atoms with E-state index in [2.05, 4.69) is 10.4 Å². The molecule has 1 unspecified atom stereocenters. The van der Waals surface area contributed by atoms with Gasteiger partial charge in [0.15, 0.2) is 0 Å². The average molecular weight is 279 g/mol. The van der Waals surface area contributed by atoms with Gasteiger partial charge in [-0.1, -0.05) is 0 Å². The molecule has 0 aromatic carbocycles. The summed E-state index contributed by atoms with van der Waals surface area (Å²) < 4.78 is 1.58. The highest BCUT2D eigenvalue weighted by molar-refractivity contribution is 5.88. The highest BCUT2D eigenvalue weighted by Crippen LogP contribution is 2.09. The van der Waals surface area contributed by atoms with Crippen LogP contribution in [0.15, 0.2) is 12.4 Å². The minimum atomic E-state index is -0.794. The number of hydrogen-bond acceptors (Lipinski definition) is 4. The van der Waals surface area contributed by atoms with Gasteiger partial charge in [-0.2, -0.15) is 5.10 Å². The monoisotopic (exact) mass is 279 g/mol. The van der Waals surface area contributed by atoms with E-state index >= 15 is 0 Å². The van der Waals surface area contributed by atoms with Gasteiger partial charge in [-0.3, -0.25) is 14.3 Å². The Labute approximate surface area is 118 Å². The fourth-order valence-electron chi connectivity index (χ4n) is 2.28. The first-order valence-corrected chi connectivity index (χ1v) is 6.87. The van der Waals surface area contributed by atoms with Gasteiger partial charge in [0.2, 0.25) is 11.8 Å². The maximum Gasteiger partial charge on any atom is 0.242 e. The topological polar surface area (TPSA) is 93.2 Å². The molecule has 0 bridgehead atoms. The van der Waals surface area contributed by atoms with Gasteiger partial charge in [0, 0.05) is 31.9 Å². The van der Waals surface area contributed by atoms with Crippen LogP contribution in [0.2, 0.25) is 0 Å². The zero-order valence-electron chi connectivity index (χ0n) is 11.7. The molecule has 1 aliphatic heterocycles. The molecule has 1 aromatic heterocycles. The van der Waals surface area contributed by atoms with Crippen molar-refractivity contribution < 1.29 is 9.59 Å². The number of amides is 2. The summed E-state index contributed by atoms with van der Waals surface area (Å²) in [6.45, 7) is 1.57. The molecular formula is C13H21N5O2. The average Bonchev–Trinajstić information content (AvgIpc) is 2.91. The maximum atomic E-state index is 11.9. The smallest absolute Gasteiger partial charge is 0.242 e. The van der Waals surface area contributed by atoms with Crippen molar-refractivity contribution in [3.05, 3.63) is 18.0 Å². The predicted octanol–water partition coefficient (Wildman–Crippen LogP) is -0.451. The van der Waals surface area contributed by atoms with Gasteiger partial charge in [-0.05, 0) is 19.3 Å². The molecule has 0 aliphatic carbocycles. The summed E-state index contributed by atoms with van der Waals surface area (Å²) >= 11 is 0. The number of aryl methyl sites for hydroxylation is 1. The number of aromatic nitrogens is 2. The number of nitrogens with one attached hydrogen (secondary N) is 1. The van der Waals surface area contributed by atoms with Crippen molar-refractivity contribution in [3.63, 3.8) is 0 Å². The summed E-state index contributed by atoms with van der Waals surface area (Å²) in [5.74, 6) is -0.403. The third-order valence-electron chi connectivity index (χ3n) is 3.49. The third-order valence-corrected chi connectivity index (χ3v) is 3.49. The normalized spacial score (nSPS) is 16.8. The van der Waals surface area contributed by atoms with E-state index in [0.29, 0.717) is 5.56 Å². The summed E-state index contributed by atoms with van der Waals surface area (Å²) in [5, 5.41) is 6.57. The Bertz CT molecular complexity index is 479. The summed E-state index contributed by atoms with van der Waals surface area (Å²) in [7, 11) is 1.76. The van der Waals surface area contributed by atoms with E-state index in [1.165, 1.54) is 6.42 Å². The molecule has 1 aliphatic rings. The Kier molecular flexibility index (Phi) is 4.73. The lowest BCUT2D eigenvalue weighted by atomic mass is 10.1. The van der Waals surface area contributed by atoms with Crippen LogP contribution in [0.3, 0.4) is 0 Å². The second-order valence-electron chi connectivity index (χ2n) is 5.08. The molecule has 2 rings (SSSR count). The lowest BCUT2D eigenvalue weighted by Crippen LogP contribution is -2.44. The third kappa shape index (κ3) is 3.57. The summed E-state index contributed by atoms with van der Waals surface area (Å²) in [5.41, 5.74) is 6.46. The van der Waals surface area contributed by atoms with E-state index in [-0.39, 0.29) is 18.4 Å². The number of hydrogen-bond donors (Lipinski definition) is 2. The first-order chi connectivity index (χ1) is 9.58. The van der Waals surface area contributed by atoms with E-state index in [4.69, 9.17) is 5.73 Å². The number of carbonyl (C=O) groups excluding carboxylic acids is 2. The summed E-state index contributed by atoms with van der Waals surface area (Å²) in [6, 6.07) is -0.794. The fraction of sp³-hybridized carbons (Fsp3) is 0.615. The maximum absolute atomic E-state index is 11.9. The zero-order chi connectivity index (χ0) is 14.5. The van der Waals surface area contributed by atoms with Gasteiger partial charge in [-0.25, -0.2) is 0 Å². The van der Waals surface area contributed by atoms with Crippen LogP contribution in [0.5, 0.6) is 0 Å². The van der Waals surface area contributed by atoms with Crippen LogP contribution in [-0.2, 0) is 16.6 Å². The molecule has 110 valence electrons. The van der Waals surface area contributed by atoms with Crippen LogP contribution in [-0.4, -0.2) is 46.1 Å². The van der Waals surface area contributed by atoms with Crippen molar-refractivity contribution in [3.8, 4) is 0 Å². The van der Waals surface area contributed by atoms with E-state index in [1.807, 2.05) is 0 Å². The predicted molar refractivity (Wildman–Crippen MR) is 73.6 cm³/mol. The number of nitrogens with two attached hydrogens (primary N) is 1. The Morgan fingerprint density at radius 3 is 2.70 bits per heavy atom. The summed E-state index contributed by atoms with van der Waals surface area (Å²) in [4.78, 5) is 25.6. The molecule has 1 atom stereocenters. The largest absolute Gasteiger partial charge is 0.345 e. The molecule has 2 amide bonds. The van der Waals surface area contributed by atoms with Crippen molar-refractivity contribution in [1.29, 1.82) is 0 Å². The van der Waals surface area contributed by atoms with E-state index in [1.54, 1.807) is 29.0 Å². The van der Waals surface area contributed by atoms with Crippen molar-refractivity contribution in [1.82, 2.24) is 20.0 Å². The molecule has 20 heavy (non-hydrogen) atoms. The zero-order valence-corrected chi connectivity index (χ0v) is 11.7. The van der Waals surface area contributed by atoms with Crippen LogP contribution in [0.4, 0.5) is 0 Å². The fourth-order valence-corrected chi connectivity index (χ4v) is 2.28. The number of piperidine rings is 1. The van der Waals surface area contributed by atoms with Crippen LogP contribution < -0.4 is 11.1 Å². The number of carbonyl (C=O) groups is 2. The van der Waals surface area contributed by atoms with E-state index in [9.17, 15) is 9.59 Å². The molecule has 1 fully saturated rings. The Morgan fingerprint density at radius 1 is 1.40 bits per heavy atom. The highest BCUT2D eigenvalue weighted by atomic mass is 16.2. The number of nitrogens with zero attached hydrogens (tertiary/aromatic N) is 3. The minimum Gasteiger partial charge on any atom is -0.345 e. The standard InChI is InChI=1S/C13H21N5O2/c1-17-9-10(7-16-17)12(14)13(20)15-8-11(19)18-5-3-2-4-6-18/h7,9,12H,2-6,8,14H2,1H3,(H,15,20). The molecule has 2 heterocycles. The van der Waals surface area contributed by atoms with Crippen LogP contribution >= 0.6 is 0 Å². The molecule has 0 saturated carbocycles. The molecule has 3 N–H and O–H groups in total. The molecule has 0 radical (unpaired) electrons. The molecule has 1 saturated heterocycles. The molecule has 0 spiro atoms. The quantitative estimate of drug-likeness (QED) is 0.780. The van der Waals surface area contributed by atoms with Crippen LogP contribution in [0.25, 0.3) is 0 Å². The van der Waals surface area contributed by atoms with Gasteiger partial charge < -0.3 is 16.0 Å². The first kappa shape index (κ1) is 14.5. The summed E-state index contributed by atoms with van der Waals surface area (Å²) in [6.07, 6.45) is 6.49. The molecular weight excluding hydrogens is 258 g/mol. The van der Waals surface area contributed by atoms with Crippen molar-refractivity contribution in [2.45, 2.75) is 25.3 Å². The van der Waals surface area contributed by atoms with Crippen molar-refractivity contribution in [2.75, 3.05) is 19.6 Å². The van der Waals surface area contributed by atoms with Gasteiger partial charge in [0.25, 0.3) is 0 Å². The molecule has 7 heteroatoms. The van der Waals surface area contributed by atoms with Crippen LogP contribution in [0, 0.1) is 0 Å². The van der Waals surface area contributed by atoms with Crippen LogP contribution in [0.1, 0.15) is 30.9 Å². The van der Waals surface area contributed by atoms with Crippen molar-refractivity contribution in [2.24, 2.45) is 12.8 Å². The Hall–Kier alpha value is -1.89. The van der Waals surface area contributed by atoms with E-state index in [0.717, 1.165) is 25.9 Å². The number of rotatable bonds is 4. The minimum absolute atomic E-state index is 0.00674. The molecule has 7 nitrogen and oxygen atoms in total. The molecule has 1 aromatic rings. The van der Waals surface area contributed by atoms with Crippen molar-refractivity contribution >= 4 is 11.8 Å². The van der Waals surface area contributed by atoms with Gasteiger partial charge in [0.1, 0.15) is 6.04 Å². The van der Waals surface area contributed by atoms with E-state index < -0.39 is 6.04 Å². The Balaban J connectivity index is 1.80. The van der Waals surface area contributed by atoms with Gasteiger partial charge in [-0.15, -0.1) is 0 Å². The second-order valence-corrected chi connectivity index (χ2v) is 5.08. The van der Waals surface area contributed by atoms with Gasteiger partial charge >= 0.3 is 0 Å². The SMILES string of the molecule is Cn1cc(C(N)C(=O)NCC(=O)N2CCCCC2)cn1. The first-order valence-electron chi connectivity index (χ1n) is 6.87.